The SMILES string of the molecule is CCc1nc2c(c(=O)n(CC)c(=O)n2CC)n1CC#N. The summed E-state index contributed by atoms with van der Waals surface area (Å²) in [6.07, 6.45) is 0.597. The Morgan fingerprint density at radius 2 is 1.75 bits per heavy atom. The predicted molar refractivity (Wildman–Crippen MR) is 74.6 cm³/mol. The van der Waals surface area contributed by atoms with Crippen molar-refractivity contribution in [1.82, 2.24) is 18.7 Å². The lowest BCUT2D eigenvalue weighted by Gasteiger charge is -2.08. The quantitative estimate of drug-likeness (QED) is 0.812. The Morgan fingerprint density at radius 3 is 2.25 bits per heavy atom. The molecule has 0 radical (unpaired) electrons. The maximum Gasteiger partial charge on any atom is 0.332 e. The topological polar surface area (TPSA) is 85.6 Å². The van der Waals surface area contributed by atoms with E-state index >= 15 is 0 Å². The van der Waals surface area contributed by atoms with Crippen molar-refractivity contribution in [2.75, 3.05) is 0 Å². The fraction of sp³-hybridized carbons (Fsp3) is 0.538. The smallest absolute Gasteiger partial charge is 0.308 e. The lowest BCUT2D eigenvalue weighted by molar-refractivity contribution is 0.603. The summed E-state index contributed by atoms with van der Waals surface area (Å²) in [6, 6.07) is 2.04. The molecule has 7 heteroatoms. The molecule has 0 N–H and O–H groups in total. The van der Waals surface area contributed by atoms with Gasteiger partial charge < -0.3 is 4.57 Å². The molecule has 7 nitrogen and oxygen atoms in total. The molecular formula is C13H17N5O2. The fourth-order valence-electron chi connectivity index (χ4n) is 2.41. The van der Waals surface area contributed by atoms with Crippen molar-refractivity contribution < 1.29 is 0 Å². The summed E-state index contributed by atoms with van der Waals surface area (Å²) in [4.78, 5) is 29.1. The standard InChI is InChI=1S/C13H17N5O2/c1-4-9-15-11-10(18(9)8-7-14)12(19)17(6-3)13(20)16(11)5-2/h4-6,8H2,1-3H3. The van der Waals surface area contributed by atoms with E-state index in [4.69, 9.17) is 5.26 Å². The number of aryl methyl sites for hydroxylation is 2. The molecule has 0 aliphatic rings. The van der Waals surface area contributed by atoms with Crippen LogP contribution in [-0.2, 0) is 26.1 Å². The number of nitrogens with zero attached hydrogens (tertiary/aromatic N) is 5. The molecule has 0 atom stereocenters. The third-order valence-corrected chi connectivity index (χ3v) is 3.37. The molecule has 0 aliphatic carbocycles. The average Bonchev–Trinajstić information content (AvgIpc) is 2.79. The summed E-state index contributed by atoms with van der Waals surface area (Å²) in [5.41, 5.74) is -0.0117. The Labute approximate surface area is 115 Å². The van der Waals surface area contributed by atoms with E-state index < -0.39 is 0 Å². The van der Waals surface area contributed by atoms with Crippen LogP contribution in [0.3, 0.4) is 0 Å². The zero-order chi connectivity index (χ0) is 14.9. The molecular weight excluding hydrogens is 258 g/mol. The first-order valence-electron chi connectivity index (χ1n) is 6.70. The van der Waals surface area contributed by atoms with Crippen molar-refractivity contribution in [2.45, 2.75) is 46.8 Å². The highest BCUT2D eigenvalue weighted by Gasteiger charge is 2.19. The van der Waals surface area contributed by atoms with Gasteiger partial charge in [0.15, 0.2) is 11.2 Å². The van der Waals surface area contributed by atoms with Gasteiger partial charge in [0.05, 0.1) is 6.07 Å². The number of hydrogen-bond donors (Lipinski definition) is 0. The normalized spacial score (nSPS) is 10.9. The van der Waals surface area contributed by atoms with Gasteiger partial charge >= 0.3 is 5.69 Å². The first-order valence-corrected chi connectivity index (χ1v) is 6.70. The number of fused-ring (bicyclic) bond motifs is 1. The summed E-state index contributed by atoms with van der Waals surface area (Å²) < 4.78 is 4.27. The van der Waals surface area contributed by atoms with E-state index in [1.165, 1.54) is 9.13 Å². The lowest BCUT2D eigenvalue weighted by Crippen LogP contribution is -2.40. The van der Waals surface area contributed by atoms with Crippen LogP contribution in [0.15, 0.2) is 9.59 Å². The summed E-state index contributed by atoms with van der Waals surface area (Å²) in [5.74, 6) is 0.647. The van der Waals surface area contributed by atoms with Gasteiger partial charge in [0.2, 0.25) is 0 Å². The Bertz CT molecular complexity index is 803. The third-order valence-electron chi connectivity index (χ3n) is 3.37. The van der Waals surface area contributed by atoms with Gasteiger partial charge in [-0.2, -0.15) is 5.26 Å². The van der Waals surface area contributed by atoms with Gasteiger partial charge in [-0.1, -0.05) is 6.92 Å². The van der Waals surface area contributed by atoms with E-state index in [1.807, 2.05) is 19.9 Å². The number of rotatable bonds is 4. The van der Waals surface area contributed by atoms with E-state index in [0.717, 1.165) is 0 Å². The monoisotopic (exact) mass is 275 g/mol. The molecule has 0 bridgehead atoms. The van der Waals surface area contributed by atoms with E-state index in [0.29, 0.717) is 36.5 Å². The van der Waals surface area contributed by atoms with Crippen LogP contribution in [0.4, 0.5) is 0 Å². The molecule has 0 saturated carbocycles. The molecule has 0 saturated heterocycles. The first-order chi connectivity index (χ1) is 9.60. The minimum atomic E-state index is -0.375. The maximum absolute atomic E-state index is 12.5. The number of imidazole rings is 1. The molecule has 2 heterocycles. The van der Waals surface area contributed by atoms with Crippen LogP contribution in [-0.4, -0.2) is 18.7 Å². The largest absolute Gasteiger partial charge is 0.332 e. The van der Waals surface area contributed by atoms with Crippen molar-refractivity contribution in [3.8, 4) is 6.07 Å². The maximum atomic E-state index is 12.5. The van der Waals surface area contributed by atoms with Gasteiger partial charge in [0, 0.05) is 19.5 Å². The van der Waals surface area contributed by atoms with Crippen LogP contribution < -0.4 is 11.2 Å². The fourth-order valence-corrected chi connectivity index (χ4v) is 2.41. The third kappa shape index (κ3) is 1.84. The molecule has 0 fully saturated rings. The average molecular weight is 275 g/mol. The van der Waals surface area contributed by atoms with Crippen LogP contribution in [0, 0.1) is 11.3 Å². The molecule has 2 rings (SSSR count). The number of aromatic nitrogens is 4. The summed E-state index contributed by atoms with van der Waals surface area (Å²) in [5, 5.41) is 8.94. The Hall–Kier alpha value is -2.36. The van der Waals surface area contributed by atoms with Crippen molar-refractivity contribution >= 4 is 11.2 Å². The Kier molecular flexibility index (Phi) is 3.74. The van der Waals surface area contributed by atoms with Gasteiger partial charge in [-0.05, 0) is 13.8 Å². The van der Waals surface area contributed by atoms with E-state index in [2.05, 4.69) is 4.98 Å². The van der Waals surface area contributed by atoms with Crippen molar-refractivity contribution in [3.63, 3.8) is 0 Å². The Balaban J connectivity index is 3.05. The van der Waals surface area contributed by atoms with Gasteiger partial charge in [0.25, 0.3) is 5.56 Å². The highest BCUT2D eigenvalue weighted by molar-refractivity contribution is 5.71. The molecule has 2 aromatic heterocycles. The summed E-state index contributed by atoms with van der Waals surface area (Å²) in [7, 11) is 0. The molecule has 0 aromatic carbocycles. The van der Waals surface area contributed by atoms with Crippen LogP contribution in [0.1, 0.15) is 26.6 Å². The van der Waals surface area contributed by atoms with Gasteiger partial charge in [-0.25, -0.2) is 9.78 Å². The van der Waals surface area contributed by atoms with Crippen LogP contribution >= 0.6 is 0 Å². The van der Waals surface area contributed by atoms with E-state index in [-0.39, 0.29) is 17.8 Å². The zero-order valence-corrected chi connectivity index (χ0v) is 11.9. The second kappa shape index (κ2) is 5.33. The first kappa shape index (κ1) is 14.1. The minimum absolute atomic E-state index is 0.0561. The van der Waals surface area contributed by atoms with Crippen molar-refractivity contribution in [3.05, 3.63) is 26.7 Å². The predicted octanol–water partition coefficient (Wildman–Crippen LogP) is 0.485. The van der Waals surface area contributed by atoms with Gasteiger partial charge in [-0.3, -0.25) is 13.9 Å². The van der Waals surface area contributed by atoms with Crippen molar-refractivity contribution in [2.24, 2.45) is 0 Å². The summed E-state index contributed by atoms with van der Waals surface area (Å²) >= 11 is 0. The van der Waals surface area contributed by atoms with Gasteiger partial charge in [0.1, 0.15) is 12.4 Å². The molecule has 0 amide bonds. The van der Waals surface area contributed by atoms with Crippen LogP contribution in [0.5, 0.6) is 0 Å². The molecule has 106 valence electrons. The molecule has 0 aliphatic heterocycles. The van der Waals surface area contributed by atoms with Gasteiger partial charge in [-0.15, -0.1) is 0 Å². The van der Waals surface area contributed by atoms with Crippen LogP contribution in [0.2, 0.25) is 0 Å². The molecule has 2 aromatic rings. The molecule has 0 spiro atoms. The van der Waals surface area contributed by atoms with E-state index in [9.17, 15) is 9.59 Å². The van der Waals surface area contributed by atoms with Crippen LogP contribution in [0.25, 0.3) is 11.2 Å². The number of hydrogen-bond acceptors (Lipinski definition) is 4. The highest BCUT2D eigenvalue weighted by atomic mass is 16.2. The van der Waals surface area contributed by atoms with E-state index in [1.54, 1.807) is 11.5 Å². The Morgan fingerprint density at radius 1 is 1.10 bits per heavy atom. The number of nitriles is 1. The highest BCUT2D eigenvalue weighted by Crippen LogP contribution is 2.12. The lowest BCUT2D eigenvalue weighted by atomic mass is 10.4. The van der Waals surface area contributed by atoms with Crippen molar-refractivity contribution in [1.29, 1.82) is 5.26 Å². The second-order valence-electron chi connectivity index (χ2n) is 4.37. The minimum Gasteiger partial charge on any atom is -0.308 e. The molecule has 0 unspecified atom stereocenters. The molecule has 20 heavy (non-hydrogen) atoms. The zero-order valence-electron chi connectivity index (χ0n) is 11.9. The summed E-state index contributed by atoms with van der Waals surface area (Å²) in [6.45, 7) is 6.28. The second-order valence-corrected chi connectivity index (χ2v) is 4.37.